The topological polar surface area (TPSA) is 165 Å². The van der Waals surface area contributed by atoms with Crippen LogP contribution in [0, 0.1) is 12.3 Å². The Morgan fingerprint density at radius 1 is 0.478 bits per heavy atom. The fourth-order valence-corrected chi connectivity index (χ4v) is 3.29. The Labute approximate surface area is 271 Å². The largest absolute Gasteiger partial charge is 0.378 e. The number of rotatable bonds is 35. The van der Waals surface area contributed by atoms with Crippen molar-refractivity contribution in [3.05, 3.63) is 0 Å². The molecule has 0 aromatic carbocycles. The first-order valence-corrected chi connectivity index (χ1v) is 15.5. The molecule has 0 atom stereocenters. The average molecular weight is 666 g/mol. The van der Waals surface area contributed by atoms with Crippen LogP contribution in [0.2, 0.25) is 0 Å². The number of carbonyl (C=O) groups is 3. The molecule has 0 aromatic heterocycles. The predicted molar refractivity (Wildman–Crippen MR) is 160 cm³/mol. The Morgan fingerprint density at radius 3 is 1.02 bits per heavy atom. The van der Waals surface area contributed by atoms with E-state index in [-0.39, 0.29) is 32.5 Å². The Balaban J connectivity index is 1.65. The fourth-order valence-electron chi connectivity index (χ4n) is 3.29. The van der Waals surface area contributed by atoms with Crippen molar-refractivity contribution in [3.8, 4) is 12.3 Å². The van der Waals surface area contributed by atoms with Gasteiger partial charge < -0.3 is 56.9 Å². The van der Waals surface area contributed by atoms with Crippen molar-refractivity contribution < 1.29 is 71.3 Å². The molecule has 46 heavy (non-hydrogen) atoms. The zero-order valence-corrected chi connectivity index (χ0v) is 26.8. The minimum atomic E-state index is -0.700. The number of amides is 2. The van der Waals surface area contributed by atoms with Crippen molar-refractivity contribution >= 4 is 17.8 Å². The third kappa shape index (κ3) is 26.9. The Hall–Kier alpha value is -2.27. The first-order chi connectivity index (χ1) is 22.6. The van der Waals surface area contributed by atoms with Gasteiger partial charge in [0.15, 0.2) is 0 Å². The van der Waals surface area contributed by atoms with Crippen LogP contribution in [0.15, 0.2) is 0 Å². The predicted octanol–water partition coefficient (Wildman–Crippen LogP) is -0.200. The summed E-state index contributed by atoms with van der Waals surface area (Å²) in [5, 5.41) is 0.518. The van der Waals surface area contributed by atoms with Crippen LogP contribution in [-0.2, 0) is 71.3 Å². The number of imide groups is 1. The van der Waals surface area contributed by atoms with Crippen LogP contribution in [0.3, 0.4) is 0 Å². The van der Waals surface area contributed by atoms with Crippen LogP contribution in [0.1, 0.15) is 19.3 Å². The van der Waals surface area contributed by atoms with E-state index in [1.54, 1.807) is 0 Å². The lowest BCUT2D eigenvalue weighted by molar-refractivity contribution is -0.198. The number of terminal acetylenes is 1. The van der Waals surface area contributed by atoms with E-state index in [1.165, 1.54) is 0 Å². The third-order valence-electron chi connectivity index (χ3n) is 5.55. The highest BCUT2D eigenvalue weighted by molar-refractivity contribution is 6.01. The molecule has 0 spiro atoms. The van der Waals surface area contributed by atoms with Gasteiger partial charge in [-0.15, -0.1) is 11.5 Å². The number of hydrogen-bond donors (Lipinski definition) is 0. The molecule has 266 valence electrons. The monoisotopic (exact) mass is 665 g/mol. The van der Waals surface area contributed by atoms with Crippen molar-refractivity contribution in [1.82, 2.24) is 5.06 Å². The second-order valence-electron chi connectivity index (χ2n) is 9.18. The summed E-state index contributed by atoms with van der Waals surface area (Å²) in [5.74, 6) is 0.668. The molecule has 16 heteroatoms. The quantitative estimate of drug-likeness (QED) is 0.0496. The maximum Gasteiger partial charge on any atom is 0.335 e. The van der Waals surface area contributed by atoms with E-state index in [0.29, 0.717) is 137 Å². The molecule has 1 fully saturated rings. The SMILES string of the molecule is C#CCOCCOCCOCCOCCOCCOCCOCCOCCOCCOCCOCCC(=O)ON1C(=O)CCC1=O. The molecule has 0 saturated carbocycles. The second kappa shape index (κ2) is 32.7. The van der Waals surface area contributed by atoms with Crippen molar-refractivity contribution in [2.45, 2.75) is 19.3 Å². The molecular formula is C30H51NO15. The van der Waals surface area contributed by atoms with Gasteiger partial charge in [0.2, 0.25) is 0 Å². The zero-order chi connectivity index (χ0) is 33.2. The summed E-state index contributed by atoms with van der Waals surface area (Å²) < 4.78 is 59.1. The molecule has 0 bridgehead atoms. The highest BCUT2D eigenvalue weighted by Crippen LogP contribution is 2.12. The Morgan fingerprint density at radius 2 is 0.739 bits per heavy atom. The van der Waals surface area contributed by atoms with Gasteiger partial charge in [-0.1, -0.05) is 5.92 Å². The van der Waals surface area contributed by atoms with Gasteiger partial charge in [-0.05, 0) is 0 Å². The van der Waals surface area contributed by atoms with E-state index < -0.39 is 17.8 Å². The maximum atomic E-state index is 11.6. The number of ether oxygens (including phenoxy) is 11. The zero-order valence-electron chi connectivity index (χ0n) is 26.8. The summed E-state index contributed by atoms with van der Waals surface area (Å²) in [6.07, 6.45) is 5.12. The van der Waals surface area contributed by atoms with Crippen LogP contribution >= 0.6 is 0 Å². The Kier molecular flexibility index (Phi) is 29.6. The van der Waals surface area contributed by atoms with Crippen molar-refractivity contribution in [3.63, 3.8) is 0 Å². The molecule has 1 heterocycles. The van der Waals surface area contributed by atoms with Crippen LogP contribution < -0.4 is 0 Å². The summed E-state index contributed by atoms with van der Waals surface area (Å²) >= 11 is 0. The van der Waals surface area contributed by atoms with Crippen LogP contribution in [-0.4, -0.2) is 168 Å². The van der Waals surface area contributed by atoms with Crippen molar-refractivity contribution in [1.29, 1.82) is 0 Å². The van der Waals surface area contributed by atoms with Gasteiger partial charge in [0.05, 0.1) is 145 Å². The summed E-state index contributed by atoms with van der Waals surface area (Å²) in [5.41, 5.74) is 0. The van der Waals surface area contributed by atoms with Crippen LogP contribution in [0.4, 0.5) is 0 Å². The smallest absolute Gasteiger partial charge is 0.335 e. The Bertz CT molecular complexity index is 779. The van der Waals surface area contributed by atoms with E-state index in [4.69, 9.17) is 63.4 Å². The number of hydrogen-bond acceptors (Lipinski definition) is 15. The molecule has 0 radical (unpaired) electrons. The van der Waals surface area contributed by atoms with E-state index in [0.717, 1.165) is 0 Å². The molecule has 0 aliphatic carbocycles. The first-order valence-electron chi connectivity index (χ1n) is 15.5. The summed E-state index contributed by atoms with van der Waals surface area (Å²) in [4.78, 5) is 39.1. The lowest BCUT2D eigenvalue weighted by atomic mass is 10.4. The molecular weight excluding hydrogens is 614 g/mol. The van der Waals surface area contributed by atoms with Gasteiger partial charge in [-0.3, -0.25) is 9.59 Å². The molecule has 0 N–H and O–H groups in total. The van der Waals surface area contributed by atoms with E-state index in [9.17, 15) is 14.4 Å². The standard InChI is InChI=1S/C30H51NO15/c1-2-6-35-8-10-37-12-14-39-16-18-41-20-22-43-24-26-45-27-25-44-23-21-42-19-17-40-15-13-38-11-9-36-7-5-30(34)46-31-28(32)3-4-29(31)33/h1H,3-27H2. The third-order valence-corrected chi connectivity index (χ3v) is 5.55. The lowest BCUT2D eigenvalue weighted by Crippen LogP contribution is -2.32. The normalized spacial score (nSPS) is 13.1. The average Bonchev–Trinajstić information content (AvgIpc) is 3.37. The van der Waals surface area contributed by atoms with Gasteiger partial charge in [-0.25, -0.2) is 4.79 Å². The molecule has 1 aliphatic heterocycles. The minimum Gasteiger partial charge on any atom is -0.378 e. The van der Waals surface area contributed by atoms with E-state index >= 15 is 0 Å². The molecule has 1 aliphatic rings. The van der Waals surface area contributed by atoms with Gasteiger partial charge >= 0.3 is 5.97 Å². The molecule has 0 unspecified atom stereocenters. The van der Waals surface area contributed by atoms with Crippen LogP contribution in [0.5, 0.6) is 0 Å². The second-order valence-corrected chi connectivity index (χ2v) is 9.18. The fraction of sp³-hybridized carbons (Fsp3) is 0.833. The summed E-state index contributed by atoms with van der Waals surface area (Å²) in [6, 6.07) is 0. The minimum absolute atomic E-state index is 0.0588. The van der Waals surface area contributed by atoms with Crippen molar-refractivity contribution in [2.75, 3.05) is 145 Å². The van der Waals surface area contributed by atoms with Crippen LogP contribution in [0.25, 0.3) is 0 Å². The van der Waals surface area contributed by atoms with Gasteiger partial charge in [0.1, 0.15) is 6.61 Å². The maximum absolute atomic E-state index is 11.6. The molecule has 16 nitrogen and oxygen atoms in total. The van der Waals surface area contributed by atoms with E-state index in [2.05, 4.69) is 5.92 Å². The molecule has 1 saturated heterocycles. The number of carbonyl (C=O) groups excluding carboxylic acids is 3. The van der Waals surface area contributed by atoms with Crippen molar-refractivity contribution in [2.24, 2.45) is 0 Å². The molecule has 2 amide bonds. The highest BCUT2D eigenvalue weighted by atomic mass is 16.7. The number of nitrogens with zero attached hydrogens (tertiary/aromatic N) is 1. The summed E-state index contributed by atoms with van der Waals surface area (Å²) in [7, 11) is 0. The summed E-state index contributed by atoms with van der Waals surface area (Å²) in [6.45, 7) is 9.48. The lowest BCUT2D eigenvalue weighted by Gasteiger charge is -2.12. The first kappa shape index (κ1) is 41.8. The molecule has 0 aromatic rings. The highest BCUT2D eigenvalue weighted by Gasteiger charge is 2.32. The van der Waals surface area contributed by atoms with E-state index in [1.807, 2.05) is 0 Å². The molecule has 1 rings (SSSR count). The van der Waals surface area contributed by atoms with Gasteiger partial charge in [-0.2, -0.15) is 0 Å². The number of hydroxylamine groups is 2. The van der Waals surface area contributed by atoms with Gasteiger partial charge in [0.25, 0.3) is 11.8 Å². The van der Waals surface area contributed by atoms with Gasteiger partial charge in [0, 0.05) is 12.8 Å².